The highest BCUT2D eigenvalue weighted by Crippen LogP contribution is 2.18. The van der Waals surface area contributed by atoms with E-state index in [1.807, 2.05) is 6.92 Å². The molecule has 31 heavy (non-hydrogen) atoms. The van der Waals surface area contributed by atoms with Gasteiger partial charge in [0.05, 0.1) is 4.90 Å². The number of carbonyl (C=O) groups excluding carboxylic acids is 1. The number of thioether (sulfide) groups is 1. The molecule has 5 nitrogen and oxygen atoms in total. The molecule has 2 N–H and O–H groups in total. The van der Waals surface area contributed by atoms with Crippen LogP contribution in [0.3, 0.4) is 0 Å². The Hall–Kier alpha value is -2.77. The standard InChI is InChI=1S/C24H26N2O3S2/c1-18-6-10-20(11-7-18)17-30-15-14-25-24(27)21-4-3-5-22(16-21)26-31(28,29)23-12-8-19(2)9-13-23/h3-13,16,26H,14-15,17H2,1-2H3,(H,25,27). The Morgan fingerprint density at radius 2 is 1.55 bits per heavy atom. The minimum Gasteiger partial charge on any atom is -0.351 e. The van der Waals surface area contributed by atoms with Crippen molar-refractivity contribution in [3.63, 3.8) is 0 Å². The average molecular weight is 455 g/mol. The summed E-state index contributed by atoms with van der Waals surface area (Å²) >= 11 is 1.75. The smallest absolute Gasteiger partial charge is 0.261 e. The van der Waals surface area contributed by atoms with Crippen molar-refractivity contribution in [1.82, 2.24) is 5.32 Å². The van der Waals surface area contributed by atoms with Crippen LogP contribution < -0.4 is 10.0 Å². The SMILES string of the molecule is Cc1ccc(CSCCNC(=O)c2cccc(NS(=O)(=O)c3ccc(C)cc3)c2)cc1. The second-order valence-electron chi connectivity index (χ2n) is 7.29. The molecule has 0 spiro atoms. The topological polar surface area (TPSA) is 75.3 Å². The van der Waals surface area contributed by atoms with Gasteiger partial charge in [0.2, 0.25) is 0 Å². The van der Waals surface area contributed by atoms with E-state index in [-0.39, 0.29) is 10.8 Å². The molecule has 0 aliphatic rings. The van der Waals surface area contributed by atoms with E-state index in [0.29, 0.717) is 17.8 Å². The molecule has 0 aliphatic heterocycles. The fourth-order valence-corrected chi connectivity index (χ4v) is 4.74. The number of rotatable bonds is 9. The summed E-state index contributed by atoms with van der Waals surface area (Å²) in [5.74, 6) is 1.46. The molecule has 0 aliphatic carbocycles. The second-order valence-corrected chi connectivity index (χ2v) is 10.1. The van der Waals surface area contributed by atoms with Crippen LogP contribution in [0.25, 0.3) is 0 Å². The van der Waals surface area contributed by atoms with Crippen molar-refractivity contribution in [3.05, 3.63) is 95.1 Å². The van der Waals surface area contributed by atoms with Gasteiger partial charge in [-0.25, -0.2) is 8.42 Å². The molecule has 0 unspecified atom stereocenters. The molecule has 3 aromatic carbocycles. The minimum atomic E-state index is -3.71. The number of anilines is 1. The van der Waals surface area contributed by atoms with E-state index in [4.69, 9.17) is 0 Å². The second kappa shape index (κ2) is 10.5. The molecule has 0 bridgehead atoms. The van der Waals surface area contributed by atoms with Crippen LogP contribution in [0, 0.1) is 13.8 Å². The number of sulfonamides is 1. The third kappa shape index (κ3) is 6.87. The fourth-order valence-electron chi connectivity index (χ4n) is 2.87. The maximum absolute atomic E-state index is 12.6. The van der Waals surface area contributed by atoms with Crippen LogP contribution in [0.5, 0.6) is 0 Å². The zero-order valence-corrected chi connectivity index (χ0v) is 19.2. The third-order valence-corrected chi connectivity index (χ3v) is 7.06. The van der Waals surface area contributed by atoms with E-state index < -0.39 is 10.0 Å². The number of aryl methyl sites for hydroxylation is 2. The van der Waals surface area contributed by atoms with Crippen molar-refractivity contribution in [2.24, 2.45) is 0 Å². The number of amides is 1. The summed E-state index contributed by atoms with van der Waals surface area (Å²) in [6.07, 6.45) is 0. The number of benzene rings is 3. The first-order valence-corrected chi connectivity index (χ1v) is 12.6. The maximum atomic E-state index is 12.6. The van der Waals surface area contributed by atoms with Crippen LogP contribution in [0.2, 0.25) is 0 Å². The lowest BCUT2D eigenvalue weighted by atomic mass is 10.2. The van der Waals surface area contributed by atoms with Crippen molar-refractivity contribution in [3.8, 4) is 0 Å². The molecular weight excluding hydrogens is 428 g/mol. The molecule has 3 aromatic rings. The van der Waals surface area contributed by atoms with Crippen molar-refractivity contribution < 1.29 is 13.2 Å². The Kier molecular flexibility index (Phi) is 7.76. The van der Waals surface area contributed by atoms with Gasteiger partial charge >= 0.3 is 0 Å². The molecule has 0 atom stereocenters. The van der Waals surface area contributed by atoms with Crippen molar-refractivity contribution in [1.29, 1.82) is 0 Å². The third-order valence-electron chi connectivity index (χ3n) is 4.63. The summed E-state index contributed by atoms with van der Waals surface area (Å²) in [6.45, 7) is 4.50. The zero-order chi connectivity index (χ0) is 22.3. The summed E-state index contributed by atoms with van der Waals surface area (Å²) in [5.41, 5.74) is 4.24. The number of hydrogen-bond donors (Lipinski definition) is 2. The summed E-state index contributed by atoms with van der Waals surface area (Å²) in [7, 11) is -3.71. The molecule has 3 rings (SSSR count). The first-order chi connectivity index (χ1) is 14.8. The lowest BCUT2D eigenvalue weighted by Crippen LogP contribution is -2.26. The van der Waals surface area contributed by atoms with Crippen molar-refractivity contribution >= 4 is 33.4 Å². The normalized spacial score (nSPS) is 11.2. The van der Waals surface area contributed by atoms with Gasteiger partial charge in [0.1, 0.15) is 0 Å². The van der Waals surface area contributed by atoms with Gasteiger partial charge in [0.15, 0.2) is 0 Å². The van der Waals surface area contributed by atoms with E-state index in [2.05, 4.69) is 41.2 Å². The molecule has 1 amide bonds. The monoisotopic (exact) mass is 454 g/mol. The highest BCUT2D eigenvalue weighted by Gasteiger charge is 2.15. The summed E-state index contributed by atoms with van der Waals surface area (Å²) in [6, 6.07) is 21.5. The van der Waals surface area contributed by atoms with Gasteiger partial charge in [0.25, 0.3) is 15.9 Å². The molecule has 0 heterocycles. The molecule has 0 aromatic heterocycles. The van der Waals surface area contributed by atoms with E-state index >= 15 is 0 Å². The van der Waals surface area contributed by atoms with Gasteiger partial charge in [0, 0.05) is 29.3 Å². The van der Waals surface area contributed by atoms with Crippen molar-refractivity contribution in [2.75, 3.05) is 17.0 Å². The Morgan fingerprint density at radius 3 is 2.23 bits per heavy atom. The van der Waals surface area contributed by atoms with Crippen LogP contribution in [0.1, 0.15) is 27.0 Å². The maximum Gasteiger partial charge on any atom is 0.261 e. The van der Waals surface area contributed by atoms with Crippen LogP contribution >= 0.6 is 11.8 Å². The van der Waals surface area contributed by atoms with E-state index in [0.717, 1.165) is 17.1 Å². The predicted octanol–water partition coefficient (Wildman–Crippen LogP) is 4.77. The Bertz CT molecular complexity index is 1130. The zero-order valence-electron chi connectivity index (χ0n) is 17.6. The molecule has 7 heteroatoms. The Labute approximate surface area is 188 Å². The van der Waals surface area contributed by atoms with Crippen LogP contribution in [0.4, 0.5) is 5.69 Å². The lowest BCUT2D eigenvalue weighted by Gasteiger charge is -2.10. The molecule has 0 fully saturated rings. The van der Waals surface area contributed by atoms with E-state index in [1.165, 1.54) is 11.1 Å². The van der Waals surface area contributed by atoms with Crippen LogP contribution in [-0.2, 0) is 15.8 Å². The van der Waals surface area contributed by atoms with Gasteiger partial charge in [-0.1, -0.05) is 53.6 Å². The molecule has 162 valence electrons. The Morgan fingerprint density at radius 1 is 0.903 bits per heavy atom. The number of nitrogens with one attached hydrogen (secondary N) is 2. The number of hydrogen-bond acceptors (Lipinski definition) is 4. The first kappa shape index (κ1) is 22.9. The molecule has 0 saturated carbocycles. The lowest BCUT2D eigenvalue weighted by molar-refractivity contribution is 0.0956. The fraction of sp³-hybridized carbons (Fsp3) is 0.208. The summed E-state index contributed by atoms with van der Waals surface area (Å²) in [4.78, 5) is 12.6. The van der Waals surface area contributed by atoms with Gasteiger partial charge in [-0.2, -0.15) is 11.8 Å². The summed E-state index contributed by atoms with van der Waals surface area (Å²) in [5, 5.41) is 2.89. The van der Waals surface area contributed by atoms with Crippen LogP contribution in [0.15, 0.2) is 77.7 Å². The van der Waals surface area contributed by atoms with Crippen molar-refractivity contribution in [2.45, 2.75) is 24.5 Å². The molecule has 0 saturated heterocycles. The molecular formula is C24H26N2O3S2. The highest BCUT2D eigenvalue weighted by molar-refractivity contribution is 7.98. The first-order valence-electron chi connectivity index (χ1n) is 9.94. The number of carbonyl (C=O) groups is 1. The van der Waals surface area contributed by atoms with E-state index in [1.54, 1.807) is 60.3 Å². The summed E-state index contributed by atoms with van der Waals surface area (Å²) < 4.78 is 27.7. The quantitative estimate of drug-likeness (QED) is 0.457. The molecule has 0 radical (unpaired) electrons. The van der Waals surface area contributed by atoms with Gasteiger partial charge in [-0.15, -0.1) is 0 Å². The van der Waals surface area contributed by atoms with Gasteiger partial charge < -0.3 is 5.32 Å². The minimum absolute atomic E-state index is 0.179. The van der Waals surface area contributed by atoms with Gasteiger partial charge in [-0.05, 0) is 49.7 Å². The van der Waals surface area contributed by atoms with Gasteiger partial charge in [-0.3, -0.25) is 9.52 Å². The largest absolute Gasteiger partial charge is 0.351 e. The highest BCUT2D eigenvalue weighted by atomic mass is 32.2. The Balaban J connectivity index is 1.51. The average Bonchev–Trinajstić information content (AvgIpc) is 2.75. The van der Waals surface area contributed by atoms with Crippen LogP contribution in [-0.4, -0.2) is 26.6 Å². The van der Waals surface area contributed by atoms with E-state index in [9.17, 15) is 13.2 Å². The predicted molar refractivity (Wildman–Crippen MR) is 128 cm³/mol.